The van der Waals surface area contributed by atoms with E-state index in [1.807, 2.05) is 31.2 Å². The minimum absolute atomic E-state index is 0.169. The van der Waals surface area contributed by atoms with Gasteiger partial charge in [0.25, 0.3) is 0 Å². The standard InChI is InChI=1S/C16H20N2O/c1-11-6-2-3-7-12(11)15(19)10-16-17-13-8-4-5-9-14(13)18-16/h2-3,6-7,13-14H,4-5,8-10H2,1H3,(H,17,18)/t13-,14-/m1/s1. The second-order valence-corrected chi connectivity index (χ2v) is 5.59. The normalized spacial score (nSPS) is 25.4. The monoisotopic (exact) mass is 256 g/mol. The van der Waals surface area contributed by atoms with Gasteiger partial charge in [-0.25, -0.2) is 0 Å². The molecule has 1 aliphatic heterocycles. The number of nitrogens with one attached hydrogen (secondary N) is 1. The van der Waals surface area contributed by atoms with Crippen LogP contribution >= 0.6 is 0 Å². The van der Waals surface area contributed by atoms with E-state index in [1.165, 1.54) is 25.7 Å². The molecule has 3 heteroatoms. The third-order valence-electron chi connectivity index (χ3n) is 4.18. The molecule has 0 bridgehead atoms. The van der Waals surface area contributed by atoms with Crippen LogP contribution in [0.5, 0.6) is 0 Å². The smallest absolute Gasteiger partial charge is 0.170 e. The predicted molar refractivity (Wildman–Crippen MR) is 76.7 cm³/mol. The van der Waals surface area contributed by atoms with Gasteiger partial charge in [0.2, 0.25) is 0 Å². The molecule has 0 saturated heterocycles. The zero-order chi connectivity index (χ0) is 13.2. The van der Waals surface area contributed by atoms with Gasteiger partial charge < -0.3 is 5.32 Å². The lowest BCUT2D eigenvalue weighted by Crippen LogP contribution is -2.37. The summed E-state index contributed by atoms with van der Waals surface area (Å²) in [6.45, 7) is 1.98. The Kier molecular flexibility index (Phi) is 3.36. The molecule has 1 fully saturated rings. The van der Waals surface area contributed by atoms with Crippen molar-refractivity contribution in [2.75, 3.05) is 0 Å². The number of benzene rings is 1. The third kappa shape index (κ3) is 2.55. The van der Waals surface area contributed by atoms with E-state index in [0.29, 0.717) is 18.5 Å². The molecule has 1 N–H and O–H groups in total. The van der Waals surface area contributed by atoms with E-state index >= 15 is 0 Å². The maximum atomic E-state index is 12.3. The molecule has 2 aliphatic rings. The molecule has 1 heterocycles. The Bertz CT molecular complexity index is 521. The minimum Gasteiger partial charge on any atom is -0.369 e. The maximum Gasteiger partial charge on any atom is 0.170 e. The van der Waals surface area contributed by atoms with Gasteiger partial charge in [0.15, 0.2) is 5.78 Å². The minimum atomic E-state index is 0.169. The van der Waals surface area contributed by atoms with E-state index < -0.39 is 0 Å². The number of nitrogens with zero attached hydrogens (tertiary/aromatic N) is 1. The first kappa shape index (κ1) is 12.4. The first-order valence-corrected chi connectivity index (χ1v) is 7.16. The van der Waals surface area contributed by atoms with E-state index in [0.717, 1.165) is 17.0 Å². The average molecular weight is 256 g/mol. The van der Waals surface area contributed by atoms with Crippen LogP contribution in [0.4, 0.5) is 0 Å². The summed E-state index contributed by atoms with van der Waals surface area (Å²) in [5, 5.41) is 3.44. The molecule has 3 rings (SSSR count). The number of carbonyl (C=O) groups excluding carboxylic acids is 1. The zero-order valence-electron chi connectivity index (χ0n) is 11.4. The number of aryl methyl sites for hydroxylation is 1. The summed E-state index contributed by atoms with van der Waals surface area (Å²) >= 11 is 0. The predicted octanol–water partition coefficient (Wildman–Crippen LogP) is 2.88. The van der Waals surface area contributed by atoms with E-state index in [1.54, 1.807) is 0 Å². The summed E-state index contributed by atoms with van der Waals surface area (Å²) in [6, 6.07) is 8.66. The number of aliphatic imine (C=N–C) groups is 1. The summed E-state index contributed by atoms with van der Waals surface area (Å²) in [5.41, 5.74) is 1.87. The van der Waals surface area contributed by atoms with Gasteiger partial charge in [-0.05, 0) is 25.3 Å². The summed E-state index contributed by atoms with van der Waals surface area (Å²) < 4.78 is 0. The molecule has 0 spiro atoms. The zero-order valence-corrected chi connectivity index (χ0v) is 11.4. The fourth-order valence-electron chi connectivity index (χ4n) is 3.12. The molecule has 2 atom stereocenters. The highest BCUT2D eigenvalue weighted by molar-refractivity contribution is 6.10. The molecule has 19 heavy (non-hydrogen) atoms. The van der Waals surface area contributed by atoms with Crippen molar-refractivity contribution >= 4 is 11.6 Å². The second-order valence-electron chi connectivity index (χ2n) is 5.59. The van der Waals surface area contributed by atoms with Gasteiger partial charge in [-0.15, -0.1) is 0 Å². The van der Waals surface area contributed by atoms with Crippen molar-refractivity contribution in [3.05, 3.63) is 35.4 Å². The van der Waals surface area contributed by atoms with Crippen LogP contribution in [0.2, 0.25) is 0 Å². The molecule has 3 nitrogen and oxygen atoms in total. The van der Waals surface area contributed by atoms with Crippen LogP contribution in [0.25, 0.3) is 0 Å². The lowest BCUT2D eigenvalue weighted by Gasteiger charge is -2.23. The van der Waals surface area contributed by atoms with E-state index in [9.17, 15) is 4.79 Å². The van der Waals surface area contributed by atoms with Crippen molar-refractivity contribution in [3.8, 4) is 0 Å². The van der Waals surface area contributed by atoms with E-state index in [4.69, 9.17) is 0 Å². The fourth-order valence-corrected chi connectivity index (χ4v) is 3.12. The van der Waals surface area contributed by atoms with Crippen molar-refractivity contribution in [1.82, 2.24) is 5.32 Å². The fraction of sp³-hybridized carbons (Fsp3) is 0.500. The summed E-state index contributed by atoms with van der Waals surface area (Å²) in [6.07, 6.45) is 5.32. The third-order valence-corrected chi connectivity index (χ3v) is 4.18. The van der Waals surface area contributed by atoms with Gasteiger partial charge in [0, 0.05) is 11.6 Å². The molecular formula is C16H20N2O. The van der Waals surface area contributed by atoms with Crippen LogP contribution in [0, 0.1) is 6.92 Å². The van der Waals surface area contributed by atoms with Gasteiger partial charge >= 0.3 is 0 Å². The lowest BCUT2D eigenvalue weighted by molar-refractivity contribution is 0.0999. The second kappa shape index (κ2) is 5.16. The van der Waals surface area contributed by atoms with Crippen LogP contribution in [0.15, 0.2) is 29.3 Å². The molecular weight excluding hydrogens is 236 g/mol. The highest BCUT2D eigenvalue weighted by Crippen LogP contribution is 2.25. The van der Waals surface area contributed by atoms with Crippen molar-refractivity contribution in [2.45, 2.75) is 51.1 Å². The quantitative estimate of drug-likeness (QED) is 0.845. The van der Waals surface area contributed by atoms with Gasteiger partial charge in [-0.1, -0.05) is 37.1 Å². The molecule has 0 unspecified atom stereocenters. The number of hydrogen-bond acceptors (Lipinski definition) is 3. The molecule has 0 radical (unpaired) electrons. The summed E-state index contributed by atoms with van der Waals surface area (Å²) in [5.74, 6) is 1.06. The van der Waals surface area contributed by atoms with Crippen molar-refractivity contribution in [1.29, 1.82) is 0 Å². The van der Waals surface area contributed by atoms with Crippen molar-refractivity contribution < 1.29 is 4.79 Å². The lowest BCUT2D eigenvalue weighted by atomic mass is 9.92. The Morgan fingerprint density at radius 2 is 2.11 bits per heavy atom. The first-order chi connectivity index (χ1) is 9.24. The Morgan fingerprint density at radius 3 is 2.89 bits per heavy atom. The van der Waals surface area contributed by atoms with Gasteiger partial charge in [0.1, 0.15) is 5.84 Å². The maximum absolute atomic E-state index is 12.3. The van der Waals surface area contributed by atoms with Crippen LogP contribution in [0.1, 0.15) is 48.0 Å². The number of hydrogen-bond donors (Lipinski definition) is 1. The number of carbonyl (C=O) groups is 1. The highest BCUT2D eigenvalue weighted by Gasteiger charge is 2.31. The van der Waals surface area contributed by atoms with Gasteiger partial charge in [-0.2, -0.15) is 0 Å². The Hall–Kier alpha value is -1.64. The Balaban J connectivity index is 1.69. The first-order valence-electron chi connectivity index (χ1n) is 7.16. The van der Waals surface area contributed by atoms with Gasteiger partial charge in [-0.3, -0.25) is 9.79 Å². The number of Topliss-reactive ketones (excluding diaryl/α,β-unsaturated/α-hetero) is 1. The van der Waals surface area contributed by atoms with Crippen LogP contribution in [-0.4, -0.2) is 23.7 Å². The SMILES string of the molecule is Cc1ccccc1C(=O)CC1=N[C@@H]2CCCC[C@H]2N1. The Morgan fingerprint density at radius 1 is 1.32 bits per heavy atom. The molecule has 0 aromatic heterocycles. The molecule has 1 aromatic carbocycles. The topological polar surface area (TPSA) is 41.5 Å². The molecule has 100 valence electrons. The van der Waals surface area contributed by atoms with Crippen LogP contribution < -0.4 is 5.32 Å². The molecule has 1 aliphatic carbocycles. The van der Waals surface area contributed by atoms with Crippen LogP contribution in [0.3, 0.4) is 0 Å². The number of fused-ring (bicyclic) bond motifs is 1. The molecule has 0 amide bonds. The van der Waals surface area contributed by atoms with Crippen molar-refractivity contribution in [3.63, 3.8) is 0 Å². The number of ketones is 1. The molecule has 1 saturated carbocycles. The largest absolute Gasteiger partial charge is 0.369 e. The number of amidine groups is 1. The van der Waals surface area contributed by atoms with E-state index in [-0.39, 0.29) is 5.78 Å². The average Bonchev–Trinajstić information content (AvgIpc) is 2.81. The summed E-state index contributed by atoms with van der Waals surface area (Å²) in [7, 11) is 0. The summed E-state index contributed by atoms with van der Waals surface area (Å²) in [4.78, 5) is 17.0. The number of rotatable bonds is 3. The van der Waals surface area contributed by atoms with E-state index in [2.05, 4.69) is 10.3 Å². The van der Waals surface area contributed by atoms with Gasteiger partial charge in [0.05, 0.1) is 12.5 Å². The highest BCUT2D eigenvalue weighted by atomic mass is 16.1. The van der Waals surface area contributed by atoms with Crippen LogP contribution in [-0.2, 0) is 0 Å². The Labute approximate surface area is 114 Å². The van der Waals surface area contributed by atoms with Crippen molar-refractivity contribution in [2.24, 2.45) is 4.99 Å². The molecule has 1 aromatic rings.